The summed E-state index contributed by atoms with van der Waals surface area (Å²) in [6.45, 7) is 7.00. The molecule has 0 bridgehead atoms. The molecule has 1 aromatic carbocycles. The van der Waals surface area contributed by atoms with Gasteiger partial charge in [0.2, 0.25) is 0 Å². The third-order valence-corrected chi connectivity index (χ3v) is 3.22. The highest BCUT2D eigenvalue weighted by atomic mass is 16.5. The van der Waals surface area contributed by atoms with Crippen LogP contribution in [0.5, 0.6) is 5.75 Å². The molecule has 1 heterocycles. The smallest absolute Gasteiger partial charge is 0.136 e. The van der Waals surface area contributed by atoms with E-state index in [4.69, 9.17) is 4.74 Å². The van der Waals surface area contributed by atoms with Crippen LogP contribution in [0.25, 0.3) is 10.8 Å². The zero-order valence-corrected chi connectivity index (χ0v) is 12.6. The lowest BCUT2D eigenvalue weighted by atomic mass is 10.1. The van der Waals surface area contributed by atoms with Crippen LogP contribution in [0.1, 0.15) is 20.8 Å². The van der Waals surface area contributed by atoms with Gasteiger partial charge < -0.3 is 14.7 Å². The second kappa shape index (κ2) is 5.67. The van der Waals surface area contributed by atoms with E-state index in [0.29, 0.717) is 6.54 Å². The predicted octanol–water partition coefficient (Wildman–Crippen LogP) is 2.84. The Labute approximate surface area is 120 Å². The first-order valence-electron chi connectivity index (χ1n) is 6.85. The molecule has 0 saturated heterocycles. The Morgan fingerprint density at radius 3 is 2.60 bits per heavy atom. The summed E-state index contributed by atoms with van der Waals surface area (Å²) in [4.78, 5) is 6.58. The fourth-order valence-corrected chi connectivity index (χ4v) is 2.40. The van der Waals surface area contributed by atoms with Crippen molar-refractivity contribution in [1.29, 1.82) is 0 Å². The van der Waals surface area contributed by atoms with E-state index in [1.54, 1.807) is 27.2 Å². The van der Waals surface area contributed by atoms with Gasteiger partial charge in [-0.3, -0.25) is 0 Å². The molecule has 0 atom stereocenters. The van der Waals surface area contributed by atoms with Crippen LogP contribution >= 0.6 is 0 Å². The minimum Gasteiger partial charge on any atom is -0.496 e. The molecule has 0 aliphatic rings. The number of fused-ring (bicyclic) bond motifs is 1. The molecule has 4 nitrogen and oxygen atoms in total. The third-order valence-electron chi connectivity index (χ3n) is 3.22. The van der Waals surface area contributed by atoms with Crippen molar-refractivity contribution < 1.29 is 9.84 Å². The Bertz CT molecular complexity index is 591. The maximum absolute atomic E-state index is 10.1. The van der Waals surface area contributed by atoms with Crippen LogP contribution in [0.15, 0.2) is 30.5 Å². The molecule has 0 unspecified atom stereocenters. The third kappa shape index (κ3) is 3.02. The topological polar surface area (TPSA) is 45.6 Å². The van der Waals surface area contributed by atoms with Gasteiger partial charge in [-0.25, -0.2) is 4.98 Å². The number of hydrogen-bond acceptors (Lipinski definition) is 4. The zero-order chi connectivity index (χ0) is 14.8. The van der Waals surface area contributed by atoms with Crippen LogP contribution < -0.4 is 9.64 Å². The van der Waals surface area contributed by atoms with E-state index in [9.17, 15) is 5.11 Å². The molecule has 0 radical (unpaired) electrons. The number of benzene rings is 1. The molecule has 1 aromatic heterocycles. The Morgan fingerprint density at radius 2 is 2.00 bits per heavy atom. The van der Waals surface area contributed by atoms with E-state index >= 15 is 0 Å². The molecule has 0 spiro atoms. The highest BCUT2D eigenvalue weighted by Gasteiger charge is 2.20. The van der Waals surface area contributed by atoms with Crippen LogP contribution in [0.2, 0.25) is 0 Å². The summed E-state index contributed by atoms with van der Waals surface area (Å²) in [5.74, 6) is 1.72. The lowest BCUT2D eigenvalue weighted by Gasteiger charge is -2.29. The standard InChI is InChI=1S/C16H22N2O2/c1-5-18(11-16(2,3)19)15-13-7-6-8-14(20-4)12(13)9-10-17-15/h6-10,19H,5,11H2,1-4H3. The largest absolute Gasteiger partial charge is 0.496 e. The van der Waals surface area contributed by atoms with Crippen LogP contribution in [-0.4, -0.2) is 35.9 Å². The van der Waals surface area contributed by atoms with Crippen molar-refractivity contribution in [3.8, 4) is 5.75 Å². The minimum atomic E-state index is -0.765. The van der Waals surface area contributed by atoms with Crippen molar-refractivity contribution in [2.24, 2.45) is 0 Å². The SMILES string of the molecule is CCN(CC(C)(C)O)c1nccc2c(OC)cccc12. The number of likely N-dealkylation sites (N-methyl/N-ethyl adjacent to an activating group) is 1. The molecule has 0 aliphatic heterocycles. The molecule has 108 valence electrons. The van der Waals surface area contributed by atoms with Crippen LogP contribution in [-0.2, 0) is 0 Å². The molecular weight excluding hydrogens is 252 g/mol. The molecule has 0 aliphatic carbocycles. The van der Waals surface area contributed by atoms with Crippen molar-refractivity contribution in [3.05, 3.63) is 30.5 Å². The van der Waals surface area contributed by atoms with Gasteiger partial charge in [-0.15, -0.1) is 0 Å². The van der Waals surface area contributed by atoms with Gasteiger partial charge in [0.15, 0.2) is 0 Å². The number of aliphatic hydroxyl groups is 1. The molecule has 0 amide bonds. The van der Waals surface area contributed by atoms with Gasteiger partial charge in [-0.2, -0.15) is 0 Å². The number of rotatable bonds is 5. The number of pyridine rings is 1. The molecule has 2 aromatic rings. The minimum absolute atomic E-state index is 0.535. The molecule has 20 heavy (non-hydrogen) atoms. The van der Waals surface area contributed by atoms with E-state index in [1.165, 1.54) is 0 Å². The summed E-state index contributed by atoms with van der Waals surface area (Å²) in [6.07, 6.45) is 1.78. The van der Waals surface area contributed by atoms with E-state index < -0.39 is 5.60 Å². The van der Waals surface area contributed by atoms with Gasteiger partial charge in [-0.1, -0.05) is 12.1 Å². The molecule has 4 heteroatoms. The molecule has 2 rings (SSSR count). The second-order valence-electron chi connectivity index (χ2n) is 5.52. The molecule has 0 fully saturated rings. The number of anilines is 1. The predicted molar refractivity (Wildman–Crippen MR) is 82.5 cm³/mol. The summed E-state index contributed by atoms with van der Waals surface area (Å²) < 4.78 is 5.40. The summed E-state index contributed by atoms with van der Waals surface area (Å²) >= 11 is 0. The fraction of sp³-hybridized carbons (Fsp3) is 0.438. The Kier molecular flexibility index (Phi) is 4.14. The van der Waals surface area contributed by atoms with E-state index in [0.717, 1.165) is 28.9 Å². The number of aromatic nitrogens is 1. The summed E-state index contributed by atoms with van der Waals surface area (Å²) in [5.41, 5.74) is -0.765. The van der Waals surface area contributed by atoms with Crippen molar-refractivity contribution in [2.45, 2.75) is 26.4 Å². The average Bonchev–Trinajstić information content (AvgIpc) is 2.42. The first-order chi connectivity index (χ1) is 9.46. The first kappa shape index (κ1) is 14.6. The zero-order valence-electron chi connectivity index (χ0n) is 12.6. The lowest BCUT2D eigenvalue weighted by Crippen LogP contribution is -2.39. The number of hydrogen-bond donors (Lipinski definition) is 1. The van der Waals surface area contributed by atoms with Gasteiger partial charge in [0.1, 0.15) is 11.6 Å². The maximum Gasteiger partial charge on any atom is 0.136 e. The van der Waals surface area contributed by atoms with E-state index in [2.05, 4.69) is 16.8 Å². The van der Waals surface area contributed by atoms with Crippen LogP contribution in [0.4, 0.5) is 5.82 Å². The lowest BCUT2D eigenvalue weighted by molar-refractivity contribution is 0.0875. The van der Waals surface area contributed by atoms with Crippen LogP contribution in [0, 0.1) is 0 Å². The van der Waals surface area contributed by atoms with Crippen LogP contribution in [0.3, 0.4) is 0 Å². The van der Waals surface area contributed by atoms with Gasteiger partial charge in [0, 0.05) is 30.1 Å². The van der Waals surface area contributed by atoms with E-state index in [1.807, 2.05) is 24.3 Å². The van der Waals surface area contributed by atoms with Crippen molar-refractivity contribution in [2.75, 3.05) is 25.1 Å². The quantitative estimate of drug-likeness (QED) is 0.910. The van der Waals surface area contributed by atoms with Gasteiger partial charge in [0.05, 0.1) is 12.7 Å². The van der Waals surface area contributed by atoms with Gasteiger partial charge >= 0.3 is 0 Å². The number of nitrogens with zero attached hydrogens (tertiary/aromatic N) is 2. The first-order valence-corrected chi connectivity index (χ1v) is 6.85. The number of methoxy groups -OCH3 is 1. The number of ether oxygens (including phenoxy) is 1. The summed E-state index contributed by atoms with van der Waals surface area (Å²) in [7, 11) is 1.67. The van der Waals surface area contributed by atoms with Gasteiger partial charge in [0.25, 0.3) is 0 Å². The average molecular weight is 274 g/mol. The Hall–Kier alpha value is -1.81. The Balaban J connectivity index is 2.53. The monoisotopic (exact) mass is 274 g/mol. The van der Waals surface area contributed by atoms with Gasteiger partial charge in [-0.05, 0) is 32.9 Å². The highest BCUT2D eigenvalue weighted by molar-refractivity contribution is 5.96. The molecule has 0 saturated carbocycles. The fourth-order valence-electron chi connectivity index (χ4n) is 2.40. The molecular formula is C16H22N2O2. The normalized spacial score (nSPS) is 11.7. The molecule has 1 N–H and O–H groups in total. The Morgan fingerprint density at radius 1 is 1.25 bits per heavy atom. The summed E-state index contributed by atoms with van der Waals surface area (Å²) in [5, 5.41) is 12.1. The highest BCUT2D eigenvalue weighted by Crippen LogP contribution is 2.31. The maximum atomic E-state index is 10.1. The second-order valence-corrected chi connectivity index (χ2v) is 5.52. The summed E-state index contributed by atoms with van der Waals surface area (Å²) in [6, 6.07) is 7.89. The van der Waals surface area contributed by atoms with E-state index in [-0.39, 0.29) is 0 Å². The van der Waals surface area contributed by atoms with Crippen molar-refractivity contribution in [3.63, 3.8) is 0 Å². The van der Waals surface area contributed by atoms with Crippen molar-refractivity contribution >= 4 is 16.6 Å². The van der Waals surface area contributed by atoms with Crippen molar-refractivity contribution in [1.82, 2.24) is 4.98 Å².